The number of hydrogen-bond acceptors (Lipinski definition) is 5. The number of rotatable bonds is 9. The van der Waals surface area contributed by atoms with E-state index in [4.69, 9.17) is 10.5 Å². The molecule has 0 radical (unpaired) electrons. The normalized spacial score (nSPS) is 18.0. The molecule has 0 spiro atoms. The van der Waals surface area contributed by atoms with Crippen LogP contribution in [0.3, 0.4) is 0 Å². The molecule has 0 bridgehead atoms. The zero-order chi connectivity index (χ0) is 22.7. The second kappa shape index (κ2) is 9.60. The van der Waals surface area contributed by atoms with Crippen LogP contribution >= 0.6 is 0 Å². The van der Waals surface area contributed by atoms with Gasteiger partial charge in [0.25, 0.3) is 24.7 Å². The summed E-state index contributed by atoms with van der Waals surface area (Å²) in [6.45, 7) is -0.591. The molecule has 1 aromatic carbocycles. The van der Waals surface area contributed by atoms with Crippen LogP contribution in [0.25, 0.3) is 0 Å². The van der Waals surface area contributed by atoms with Gasteiger partial charge in [-0.25, -0.2) is 17.6 Å². The monoisotopic (exact) mass is 446 g/mol. The summed E-state index contributed by atoms with van der Waals surface area (Å²) in [6.07, 6.45) is -4.78. The summed E-state index contributed by atoms with van der Waals surface area (Å²) in [5.41, 5.74) is 4.59. The van der Waals surface area contributed by atoms with Gasteiger partial charge in [-0.1, -0.05) is 0 Å². The fraction of sp³-hybridized carbons (Fsp3) is 0.526. The number of hydrogen-bond donors (Lipinski definition) is 2. The highest BCUT2D eigenvalue weighted by Gasteiger charge is 2.42. The molecule has 1 aliphatic carbocycles. The van der Waals surface area contributed by atoms with Crippen molar-refractivity contribution in [1.82, 2.24) is 4.90 Å². The molecule has 12 heteroatoms. The van der Waals surface area contributed by atoms with E-state index in [1.165, 1.54) is 17.0 Å². The lowest BCUT2D eigenvalue weighted by Crippen LogP contribution is -2.54. The summed E-state index contributed by atoms with van der Waals surface area (Å²) in [4.78, 5) is 38.8. The van der Waals surface area contributed by atoms with Crippen LogP contribution < -0.4 is 16.0 Å². The molecule has 3 rings (SSSR count). The largest absolute Gasteiger partial charge is 0.370 e. The Kier molecular flexibility index (Phi) is 7.11. The Morgan fingerprint density at radius 2 is 1.97 bits per heavy atom. The van der Waals surface area contributed by atoms with Gasteiger partial charge >= 0.3 is 0 Å². The Bertz CT molecular complexity index is 850. The molecule has 1 aliphatic heterocycles. The first-order chi connectivity index (χ1) is 14.7. The fourth-order valence-electron chi connectivity index (χ4n) is 3.48. The SMILES string of the molecule is NC(=O)[C@@H](C(=O)Nc1ccc(N2CCOCC2=O)cc1C(F)F)N(CC(F)F)C1CC1. The summed E-state index contributed by atoms with van der Waals surface area (Å²) in [5, 5.41) is 2.22. The van der Waals surface area contributed by atoms with Crippen molar-refractivity contribution in [2.45, 2.75) is 37.8 Å². The van der Waals surface area contributed by atoms with E-state index < -0.39 is 54.8 Å². The van der Waals surface area contributed by atoms with Crippen LogP contribution in [0.4, 0.5) is 28.9 Å². The summed E-state index contributed by atoms with van der Waals surface area (Å²) >= 11 is 0. The van der Waals surface area contributed by atoms with Crippen LogP contribution in [-0.2, 0) is 19.1 Å². The number of nitrogens with one attached hydrogen (secondary N) is 1. The molecule has 0 aromatic heterocycles. The highest BCUT2D eigenvalue weighted by atomic mass is 19.3. The van der Waals surface area contributed by atoms with E-state index in [1.807, 2.05) is 0 Å². The molecule has 1 heterocycles. The molecule has 170 valence electrons. The van der Waals surface area contributed by atoms with E-state index >= 15 is 0 Å². The van der Waals surface area contributed by atoms with Gasteiger partial charge in [-0.2, -0.15) is 0 Å². The maximum Gasteiger partial charge on any atom is 0.265 e. The van der Waals surface area contributed by atoms with Gasteiger partial charge in [-0.3, -0.25) is 19.3 Å². The van der Waals surface area contributed by atoms with Gasteiger partial charge in [-0.05, 0) is 31.0 Å². The van der Waals surface area contributed by atoms with E-state index in [0.717, 1.165) is 11.0 Å². The molecule has 2 fully saturated rings. The second-order valence-electron chi connectivity index (χ2n) is 7.28. The standard InChI is InChI=1S/C19H22F4N4O4/c20-14(21)8-27(10-1-2-10)16(18(24)29)19(30)25-13-4-3-11(7-12(13)17(22)23)26-5-6-31-9-15(26)28/h3-4,7,10,14,16-17H,1-2,5-6,8-9H2,(H2,24,29)(H,25,30)/t16-/m0/s1. The Hall–Kier alpha value is -2.73. The second-order valence-corrected chi connectivity index (χ2v) is 7.28. The minimum absolute atomic E-state index is 0.177. The first-order valence-electron chi connectivity index (χ1n) is 9.63. The van der Waals surface area contributed by atoms with E-state index in [1.54, 1.807) is 0 Å². The predicted molar refractivity (Wildman–Crippen MR) is 102 cm³/mol. The van der Waals surface area contributed by atoms with Crippen LogP contribution in [0.1, 0.15) is 24.8 Å². The van der Waals surface area contributed by atoms with Crippen molar-refractivity contribution in [3.63, 3.8) is 0 Å². The molecule has 1 saturated carbocycles. The van der Waals surface area contributed by atoms with Crippen molar-refractivity contribution in [3.8, 4) is 0 Å². The fourth-order valence-corrected chi connectivity index (χ4v) is 3.48. The quantitative estimate of drug-likeness (QED) is 0.442. The number of carbonyl (C=O) groups is 3. The zero-order valence-electron chi connectivity index (χ0n) is 16.4. The zero-order valence-corrected chi connectivity index (χ0v) is 16.4. The van der Waals surface area contributed by atoms with Crippen LogP contribution in [0.15, 0.2) is 18.2 Å². The van der Waals surface area contributed by atoms with E-state index in [-0.39, 0.29) is 31.1 Å². The van der Waals surface area contributed by atoms with Crippen LogP contribution in [-0.4, -0.2) is 67.4 Å². The summed E-state index contributed by atoms with van der Waals surface area (Å²) < 4.78 is 58.2. The van der Waals surface area contributed by atoms with Gasteiger partial charge in [0.2, 0.25) is 5.91 Å². The lowest BCUT2D eigenvalue weighted by Gasteiger charge is -2.29. The number of alkyl halides is 4. The lowest BCUT2D eigenvalue weighted by atomic mass is 10.1. The van der Waals surface area contributed by atoms with Gasteiger partial charge in [0.15, 0.2) is 6.04 Å². The van der Waals surface area contributed by atoms with E-state index in [2.05, 4.69) is 5.32 Å². The number of benzene rings is 1. The average molecular weight is 446 g/mol. The summed E-state index contributed by atoms with van der Waals surface area (Å²) in [5.74, 6) is -2.62. The molecule has 3 N–H and O–H groups in total. The number of nitrogens with two attached hydrogens (primary N) is 1. The minimum Gasteiger partial charge on any atom is -0.370 e. The van der Waals surface area contributed by atoms with Crippen molar-refractivity contribution >= 4 is 29.1 Å². The molecule has 8 nitrogen and oxygen atoms in total. The molecule has 2 aliphatic rings. The number of primary amides is 1. The Morgan fingerprint density at radius 1 is 1.26 bits per heavy atom. The smallest absolute Gasteiger partial charge is 0.265 e. The van der Waals surface area contributed by atoms with E-state index in [9.17, 15) is 31.9 Å². The molecule has 3 amide bonds. The van der Waals surface area contributed by atoms with Crippen molar-refractivity contribution in [2.24, 2.45) is 5.73 Å². The van der Waals surface area contributed by atoms with Gasteiger partial charge in [0, 0.05) is 29.5 Å². The van der Waals surface area contributed by atoms with Crippen molar-refractivity contribution in [2.75, 3.05) is 36.5 Å². The van der Waals surface area contributed by atoms with Gasteiger partial charge in [-0.15, -0.1) is 0 Å². The van der Waals surface area contributed by atoms with Crippen molar-refractivity contribution in [3.05, 3.63) is 23.8 Å². The van der Waals surface area contributed by atoms with Gasteiger partial charge in [0.05, 0.1) is 13.2 Å². The van der Waals surface area contributed by atoms with Crippen molar-refractivity contribution in [1.29, 1.82) is 0 Å². The van der Waals surface area contributed by atoms with Crippen molar-refractivity contribution < 1.29 is 36.7 Å². The number of nitrogens with zero attached hydrogens (tertiary/aromatic N) is 2. The summed E-state index contributed by atoms with van der Waals surface area (Å²) in [6, 6.07) is 1.46. The number of anilines is 2. The van der Waals surface area contributed by atoms with Crippen LogP contribution in [0.2, 0.25) is 0 Å². The molecular weight excluding hydrogens is 424 g/mol. The number of morpholine rings is 1. The lowest BCUT2D eigenvalue weighted by molar-refractivity contribution is -0.133. The predicted octanol–water partition coefficient (Wildman–Crippen LogP) is 1.51. The topological polar surface area (TPSA) is 105 Å². The number of halogens is 4. The van der Waals surface area contributed by atoms with E-state index in [0.29, 0.717) is 12.8 Å². The molecule has 0 unspecified atom stereocenters. The summed E-state index contributed by atoms with van der Waals surface area (Å²) in [7, 11) is 0. The first kappa shape index (κ1) is 22.9. The third-order valence-electron chi connectivity index (χ3n) is 5.04. The molecular formula is C19H22F4N4O4. The number of ether oxygens (including phenoxy) is 1. The molecule has 1 saturated heterocycles. The highest BCUT2D eigenvalue weighted by Crippen LogP contribution is 2.33. The molecule has 1 atom stereocenters. The number of carbonyl (C=O) groups excluding carboxylic acids is 3. The maximum absolute atomic E-state index is 13.7. The Morgan fingerprint density at radius 3 is 2.52 bits per heavy atom. The maximum atomic E-state index is 13.7. The average Bonchev–Trinajstić information content (AvgIpc) is 3.52. The van der Waals surface area contributed by atoms with Gasteiger partial charge < -0.3 is 20.7 Å². The number of amides is 3. The van der Waals surface area contributed by atoms with Crippen LogP contribution in [0, 0.1) is 0 Å². The third kappa shape index (κ3) is 5.50. The van der Waals surface area contributed by atoms with Crippen LogP contribution in [0.5, 0.6) is 0 Å². The highest BCUT2D eigenvalue weighted by molar-refractivity contribution is 6.10. The minimum atomic E-state index is -3.01. The van der Waals surface area contributed by atoms with Gasteiger partial charge in [0.1, 0.15) is 6.61 Å². The Balaban J connectivity index is 1.84. The molecule has 31 heavy (non-hydrogen) atoms. The third-order valence-corrected chi connectivity index (χ3v) is 5.04. The molecule has 1 aromatic rings. The first-order valence-corrected chi connectivity index (χ1v) is 9.63. The Labute approximate surface area is 175 Å².